The van der Waals surface area contributed by atoms with Gasteiger partial charge in [-0.1, -0.05) is 12.1 Å². The summed E-state index contributed by atoms with van der Waals surface area (Å²) in [6.07, 6.45) is 0. The molecule has 0 aliphatic carbocycles. The van der Waals surface area contributed by atoms with Crippen LogP contribution in [0.2, 0.25) is 0 Å². The van der Waals surface area contributed by atoms with Crippen LogP contribution in [-0.2, 0) is 16.1 Å². The minimum atomic E-state index is -0.974. The first-order valence-electron chi connectivity index (χ1n) is 6.94. The zero-order chi connectivity index (χ0) is 17.7. The number of carbonyl (C=O) groups excluding carboxylic acids is 2. The van der Waals surface area contributed by atoms with Crippen LogP contribution in [0.1, 0.15) is 16.7 Å². The number of halogens is 2. The second-order valence-corrected chi connectivity index (χ2v) is 5.03. The average molecular weight is 329 g/mol. The SMILES string of the molecule is Cc1ccc(CNC(=O)C(=O)Nc2ccc(F)c(C#N)c2)cc1F. The molecule has 5 nitrogen and oxygen atoms in total. The van der Waals surface area contributed by atoms with Crippen molar-refractivity contribution < 1.29 is 18.4 Å². The lowest BCUT2D eigenvalue weighted by atomic mass is 10.1. The van der Waals surface area contributed by atoms with Crippen molar-refractivity contribution in [2.45, 2.75) is 13.5 Å². The maximum absolute atomic E-state index is 13.4. The van der Waals surface area contributed by atoms with Gasteiger partial charge in [0, 0.05) is 12.2 Å². The van der Waals surface area contributed by atoms with Gasteiger partial charge in [0.15, 0.2) is 0 Å². The molecule has 0 radical (unpaired) electrons. The lowest BCUT2D eigenvalue weighted by Crippen LogP contribution is -2.35. The molecule has 2 aromatic rings. The van der Waals surface area contributed by atoms with E-state index in [0.29, 0.717) is 11.1 Å². The Bertz CT molecular complexity index is 844. The van der Waals surface area contributed by atoms with E-state index in [1.807, 2.05) is 0 Å². The number of benzene rings is 2. The number of hydrogen-bond donors (Lipinski definition) is 2. The summed E-state index contributed by atoms with van der Waals surface area (Å²) in [6, 6.07) is 9.47. The van der Waals surface area contributed by atoms with Gasteiger partial charge in [0.1, 0.15) is 17.7 Å². The van der Waals surface area contributed by atoms with Crippen LogP contribution in [0.5, 0.6) is 0 Å². The number of amides is 2. The van der Waals surface area contributed by atoms with E-state index >= 15 is 0 Å². The maximum Gasteiger partial charge on any atom is 0.313 e. The number of rotatable bonds is 3. The highest BCUT2D eigenvalue weighted by atomic mass is 19.1. The predicted molar refractivity (Wildman–Crippen MR) is 82.7 cm³/mol. The Morgan fingerprint density at radius 3 is 2.50 bits per heavy atom. The van der Waals surface area contributed by atoms with Crippen LogP contribution in [0.3, 0.4) is 0 Å². The number of nitrogens with one attached hydrogen (secondary N) is 2. The molecule has 2 N–H and O–H groups in total. The summed E-state index contributed by atoms with van der Waals surface area (Å²) in [5, 5.41) is 13.3. The van der Waals surface area contributed by atoms with Crippen LogP contribution >= 0.6 is 0 Å². The number of carbonyl (C=O) groups is 2. The minimum Gasteiger partial charge on any atom is -0.344 e. The molecule has 0 unspecified atom stereocenters. The van der Waals surface area contributed by atoms with Gasteiger partial charge in [0.05, 0.1) is 5.56 Å². The van der Waals surface area contributed by atoms with Crippen LogP contribution in [0.4, 0.5) is 14.5 Å². The third-order valence-electron chi connectivity index (χ3n) is 3.24. The van der Waals surface area contributed by atoms with E-state index in [0.717, 1.165) is 12.1 Å². The molecule has 7 heteroatoms. The summed E-state index contributed by atoms with van der Waals surface area (Å²) in [5.41, 5.74) is 0.859. The Morgan fingerprint density at radius 2 is 1.83 bits per heavy atom. The Balaban J connectivity index is 1.96. The van der Waals surface area contributed by atoms with Crippen molar-refractivity contribution in [1.82, 2.24) is 5.32 Å². The fourth-order valence-electron chi connectivity index (χ4n) is 1.89. The van der Waals surface area contributed by atoms with Crippen molar-refractivity contribution in [3.8, 4) is 6.07 Å². The van der Waals surface area contributed by atoms with Gasteiger partial charge in [-0.25, -0.2) is 8.78 Å². The molecule has 0 fully saturated rings. The molecule has 24 heavy (non-hydrogen) atoms. The first kappa shape index (κ1) is 17.1. The van der Waals surface area contributed by atoms with E-state index < -0.39 is 23.4 Å². The number of aryl methyl sites for hydroxylation is 1. The highest BCUT2D eigenvalue weighted by Crippen LogP contribution is 2.14. The fraction of sp³-hybridized carbons (Fsp3) is 0.118. The summed E-state index contributed by atoms with van der Waals surface area (Å²) >= 11 is 0. The summed E-state index contributed by atoms with van der Waals surface area (Å²) in [5.74, 6) is -3.03. The van der Waals surface area contributed by atoms with Crippen LogP contribution in [0.15, 0.2) is 36.4 Å². The van der Waals surface area contributed by atoms with Gasteiger partial charge < -0.3 is 10.6 Å². The number of anilines is 1. The molecule has 2 amide bonds. The minimum absolute atomic E-state index is 0.0175. The topological polar surface area (TPSA) is 82.0 Å². The van der Waals surface area contributed by atoms with Crippen LogP contribution < -0.4 is 10.6 Å². The van der Waals surface area contributed by atoms with E-state index in [9.17, 15) is 18.4 Å². The standard InChI is InChI=1S/C17H13F2N3O2/c1-10-2-3-11(6-15(10)19)9-21-16(23)17(24)22-13-4-5-14(18)12(7-13)8-20/h2-7H,9H2,1H3,(H,21,23)(H,22,24). The summed E-state index contributed by atoms with van der Waals surface area (Å²) in [4.78, 5) is 23.5. The zero-order valence-corrected chi connectivity index (χ0v) is 12.7. The van der Waals surface area contributed by atoms with Gasteiger partial charge >= 0.3 is 11.8 Å². The van der Waals surface area contributed by atoms with Gasteiger partial charge in [0.2, 0.25) is 0 Å². The van der Waals surface area contributed by atoms with E-state index in [-0.39, 0.29) is 17.8 Å². The van der Waals surface area contributed by atoms with Crippen molar-refractivity contribution in [1.29, 1.82) is 5.26 Å². The predicted octanol–water partition coefficient (Wildman–Crippen LogP) is 2.40. The molecule has 0 saturated heterocycles. The summed E-state index contributed by atoms with van der Waals surface area (Å²) in [6.45, 7) is 1.60. The molecule has 0 spiro atoms. The zero-order valence-electron chi connectivity index (χ0n) is 12.7. The van der Waals surface area contributed by atoms with Crippen LogP contribution in [0, 0.1) is 29.9 Å². The van der Waals surface area contributed by atoms with Gasteiger partial charge in [-0.05, 0) is 42.3 Å². The van der Waals surface area contributed by atoms with Crippen molar-refractivity contribution >= 4 is 17.5 Å². The Kier molecular flexibility index (Phi) is 5.22. The Hall–Kier alpha value is -3.27. The first-order chi connectivity index (χ1) is 11.4. The molecule has 0 aromatic heterocycles. The van der Waals surface area contributed by atoms with Crippen LogP contribution in [-0.4, -0.2) is 11.8 Å². The van der Waals surface area contributed by atoms with Gasteiger partial charge in [-0.15, -0.1) is 0 Å². The van der Waals surface area contributed by atoms with Crippen molar-refractivity contribution in [2.75, 3.05) is 5.32 Å². The quantitative estimate of drug-likeness (QED) is 0.848. The summed E-state index contributed by atoms with van der Waals surface area (Å²) in [7, 11) is 0. The maximum atomic E-state index is 13.4. The molecular formula is C17H13F2N3O2. The fourth-order valence-corrected chi connectivity index (χ4v) is 1.89. The lowest BCUT2D eigenvalue weighted by Gasteiger charge is -2.08. The first-order valence-corrected chi connectivity index (χ1v) is 6.94. The third-order valence-corrected chi connectivity index (χ3v) is 3.24. The van der Waals surface area contributed by atoms with Crippen molar-refractivity contribution in [3.63, 3.8) is 0 Å². The highest BCUT2D eigenvalue weighted by molar-refractivity contribution is 6.39. The Labute approximate surface area is 136 Å². The van der Waals surface area contributed by atoms with Crippen molar-refractivity contribution in [3.05, 3.63) is 64.7 Å². The molecule has 0 bridgehead atoms. The molecule has 122 valence electrons. The third kappa shape index (κ3) is 4.14. The van der Waals surface area contributed by atoms with Crippen molar-refractivity contribution in [2.24, 2.45) is 0 Å². The van der Waals surface area contributed by atoms with E-state index in [2.05, 4.69) is 10.6 Å². The number of hydrogen-bond acceptors (Lipinski definition) is 3. The molecule has 0 heterocycles. The van der Waals surface area contributed by atoms with E-state index in [1.165, 1.54) is 12.1 Å². The normalized spacial score (nSPS) is 9.92. The smallest absolute Gasteiger partial charge is 0.313 e. The molecule has 0 aliphatic rings. The number of nitriles is 1. The molecule has 0 saturated carbocycles. The monoisotopic (exact) mass is 329 g/mol. The molecule has 2 rings (SSSR count). The van der Waals surface area contributed by atoms with E-state index in [1.54, 1.807) is 25.1 Å². The van der Waals surface area contributed by atoms with Gasteiger partial charge in [-0.2, -0.15) is 5.26 Å². The second-order valence-electron chi connectivity index (χ2n) is 5.03. The van der Waals surface area contributed by atoms with Gasteiger partial charge in [-0.3, -0.25) is 9.59 Å². The molecule has 0 atom stereocenters. The largest absolute Gasteiger partial charge is 0.344 e. The molecule has 2 aromatic carbocycles. The highest BCUT2D eigenvalue weighted by Gasteiger charge is 2.14. The average Bonchev–Trinajstić information content (AvgIpc) is 2.57. The summed E-state index contributed by atoms with van der Waals surface area (Å²) < 4.78 is 26.6. The lowest BCUT2D eigenvalue weighted by molar-refractivity contribution is -0.136. The van der Waals surface area contributed by atoms with E-state index in [4.69, 9.17) is 5.26 Å². The Morgan fingerprint density at radius 1 is 1.08 bits per heavy atom. The van der Waals surface area contributed by atoms with Crippen LogP contribution in [0.25, 0.3) is 0 Å². The molecule has 0 aliphatic heterocycles. The number of nitrogens with zero attached hydrogens (tertiary/aromatic N) is 1. The van der Waals surface area contributed by atoms with Gasteiger partial charge in [0.25, 0.3) is 0 Å². The molecular weight excluding hydrogens is 316 g/mol. The second kappa shape index (κ2) is 7.33.